The molecule has 0 radical (unpaired) electrons. The molecule has 0 unspecified atom stereocenters. The highest BCUT2D eigenvalue weighted by Gasteiger charge is 2.40. The molecule has 4 nitrogen and oxygen atoms in total. The first-order chi connectivity index (χ1) is 10.5. The van der Waals surface area contributed by atoms with Gasteiger partial charge >= 0.3 is 6.18 Å². The van der Waals surface area contributed by atoms with E-state index in [1.807, 2.05) is 0 Å². The Bertz CT molecular complexity index is 707. The fraction of sp³-hybridized carbons (Fsp3) is 0.333. The highest BCUT2D eigenvalue weighted by Crippen LogP contribution is 2.38. The number of fused-ring (bicyclic) bond motifs is 1. The molecule has 1 aliphatic rings. The molecular weight excluding hydrogens is 297 g/mol. The topological polar surface area (TPSA) is 44.1 Å². The number of carbonyl (C=O) groups excluding carboxylic acids is 1. The number of halogens is 3. The first-order valence-corrected chi connectivity index (χ1v) is 6.83. The zero-order valence-electron chi connectivity index (χ0n) is 11.6. The maximum atomic E-state index is 13.1. The van der Waals surface area contributed by atoms with Gasteiger partial charge in [0.15, 0.2) is 5.69 Å². The standard InChI is InChI=1S/C15H13F3N2O2/c16-15(17,18)13-12-5-2-6-22-14(12)20(19-13)8-10-3-1-4-11(7-10)9-21/h1,3-4,7,9H,2,5-6,8H2. The van der Waals surface area contributed by atoms with Crippen LogP contribution in [0, 0.1) is 0 Å². The van der Waals surface area contributed by atoms with Gasteiger partial charge in [0.25, 0.3) is 0 Å². The average molecular weight is 310 g/mol. The maximum absolute atomic E-state index is 13.1. The second kappa shape index (κ2) is 5.47. The van der Waals surface area contributed by atoms with Gasteiger partial charge in [0.1, 0.15) is 6.29 Å². The van der Waals surface area contributed by atoms with Crippen molar-refractivity contribution in [1.29, 1.82) is 0 Å². The van der Waals surface area contributed by atoms with Crippen LogP contribution < -0.4 is 4.74 Å². The molecule has 0 fully saturated rings. The van der Waals surface area contributed by atoms with Crippen molar-refractivity contribution < 1.29 is 22.7 Å². The highest BCUT2D eigenvalue weighted by atomic mass is 19.4. The molecule has 0 amide bonds. The summed E-state index contributed by atoms with van der Waals surface area (Å²) in [6, 6.07) is 6.67. The van der Waals surface area contributed by atoms with E-state index >= 15 is 0 Å². The van der Waals surface area contributed by atoms with Gasteiger partial charge in [-0.3, -0.25) is 4.79 Å². The van der Waals surface area contributed by atoms with Crippen molar-refractivity contribution >= 4 is 6.29 Å². The summed E-state index contributed by atoms with van der Waals surface area (Å²) in [6.07, 6.45) is -2.96. The third-order valence-corrected chi connectivity index (χ3v) is 3.50. The number of aromatic nitrogens is 2. The third-order valence-electron chi connectivity index (χ3n) is 3.50. The molecule has 0 saturated carbocycles. The van der Waals surface area contributed by atoms with E-state index in [1.165, 1.54) is 4.68 Å². The number of benzene rings is 1. The van der Waals surface area contributed by atoms with Crippen LogP contribution in [-0.2, 0) is 19.1 Å². The lowest BCUT2D eigenvalue weighted by molar-refractivity contribution is -0.142. The van der Waals surface area contributed by atoms with Crippen molar-refractivity contribution in [3.8, 4) is 5.88 Å². The van der Waals surface area contributed by atoms with Crippen molar-refractivity contribution in [2.45, 2.75) is 25.6 Å². The lowest BCUT2D eigenvalue weighted by atomic mass is 10.1. The Morgan fingerprint density at radius 3 is 2.91 bits per heavy atom. The summed E-state index contributed by atoms with van der Waals surface area (Å²) in [4.78, 5) is 10.8. The van der Waals surface area contributed by atoms with E-state index in [1.54, 1.807) is 24.3 Å². The molecule has 1 aromatic heterocycles. The molecule has 0 aliphatic carbocycles. The van der Waals surface area contributed by atoms with E-state index in [9.17, 15) is 18.0 Å². The summed E-state index contributed by atoms with van der Waals surface area (Å²) in [5.41, 5.74) is 0.396. The van der Waals surface area contributed by atoms with Gasteiger partial charge < -0.3 is 4.74 Å². The van der Waals surface area contributed by atoms with E-state index in [0.717, 1.165) is 0 Å². The highest BCUT2D eigenvalue weighted by molar-refractivity contribution is 5.74. The van der Waals surface area contributed by atoms with Gasteiger partial charge in [-0.25, -0.2) is 4.68 Å². The Morgan fingerprint density at radius 1 is 1.36 bits per heavy atom. The van der Waals surface area contributed by atoms with Gasteiger partial charge in [-0.05, 0) is 24.5 Å². The fourth-order valence-electron chi connectivity index (χ4n) is 2.56. The predicted octanol–water partition coefficient (Wildman–Crippen LogP) is 3.09. The minimum absolute atomic E-state index is 0.116. The summed E-state index contributed by atoms with van der Waals surface area (Å²) < 4.78 is 45.8. The van der Waals surface area contributed by atoms with Gasteiger partial charge in [-0.2, -0.15) is 18.3 Å². The van der Waals surface area contributed by atoms with Crippen LogP contribution in [0.5, 0.6) is 5.88 Å². The second-order valence-electron chi connectivity index (χ2n) is 5.10. The fourth-order valence-corrected chi connectivity index (χ4v) is 2.56. The van der Waals surface area contributed by atoms with Crippen molar-refractivity contribution in [2.24, 2.45) is 0 Å². The normalized spacial score (nSPS) is 14.3. The molecule has 0 N–H and O–H groups in total. The summed E-state index contributed by atoms with van der Waals surface area (Å²) in [5, 5.41) is 3.69. The van der Waals surface area contributed by atoms with Gasteiger partial charge in [-0.1, -0.05) is 18.2 Å². The van der Waals surface area contributed by atoms with Crippen LogP contribution in [0.25, 0.3) is 0 Å². The SMILES string of the molecule is O=Cc1cccc(Cn2nc(C(F)(F)F)c3c2OCCC3)c1. The Balaban J connectivity index is 2.00. The minimum atomic E-state index is -4.50. The van der Waals surface area contributed by atoms with E-state index in [2.05, 4.69) is 5.10 Å². The Morgan fingerprint density at radius 2 is 2.18 bits per heavy atom. The van der Waals surface area contributed by atoms with Crippen LogP contribution in [0.1, 0.15) is 33.6 Å². The lowest BCUT2D eigenvalue weighted by Crippen LogP contribution is -2.13. The number of hydrogen-bond acceptors (Lipinski definition) is 3. The minimum Gasteiger partial charge on any atom is -0.478 e. The van der Waals surface area contributed by atoms with Crippen molar-refractivity contribution in [3.05, 3.63) is 46.6 Å². The van der Waals surface area contributed by atoms with E-state index in [-0.39, 0.29) is 18.0 Å². The number of carbonyl (C=O) groups is 1. The monoisotopic (exact) mass is 310 g/mol. The van der Waals surface area contributed by atoms with Crippen molar-refractivity contribution in [3.63, 3.8) is 0 Å². The van der Waals surface area contributed by atoms with Crippen molar-refractivity contribution in [2.75, 3.05) is 6.61 Å². The van der Waals surface area contributed by atoms with Crippen LogP contribution in [0.3, 0.4) is 0 Å². The zero-order valence-corrected chi connectivity index (χ0v) is 11.6. The van der Waals surface area contributed by atoms with Crippen molar-refractivity contribution in [1.82, 2.24) is 9.78 Å². The van der Waals surface area contributed by atoms with Gasteiger partial charge in [0.2, 0.25) is 5.88 Å². The molecule has 2 heterocycles. The average Bonchev–Trinajstić information content (AvgIpc) is 2.87. The largest absolute Gasteiger partial charge is 0.478 e. The van der Waals surface area contributed by atoms with Crippen LogP contribution in [-0.4, -0.2) is 22.7 Å². The number of alkyl halides is 3. The number of aldehydes is 1. The molecule has 116 valence electrons. The molecule has 1 aliphatic heterocycles. The first-order valence-electron chi connectivity index (χ1n) is 6.83. The molecule has 2 aromatic rings. The van der Waals surface area contributed by atoms with Gasteiger partial charge in [-0.15, -0.1) is 0 Å². The zero-order chi connectivity index (χ0) is 15.7. The van der Waals surface area contributed by atoms with Gasteiger partial charge in [0, 0.05) is 11.1 Å². The molecule has 0 spiro atoms. The summed E-state index contributed by atoms with van der Waals surface area (Å²) in [6.45, 7) is 0.504. The smallest absolute Gasteiger partial charge is 0.435 e. The van der Waals surface area contributed by atoms with E-state index in [0.29, 0.717) is 36.9 Å². The quantitative estimate of drug-likeness (QED) is 0.818. The summed E-state index contributed by atoms with van der Waals surface area (Å²) in [7, 11) is 0. The summed E-state index contributed by atoms with van der Waals surface area (Å²) in [5.74, 6) is 0.176. The Hall–Kier alpha value is -2.31. The first kappa shape index (κ1) is 14.6. The molecule has 0 saturated heterocycles. The molecule has 7 heteroatoms. The van der Waals surface area contributed by atoms with Crippen LogP contribution in [0.4, 0.5) is 13.2 Å². The predicted molar refractivity (Wildman–Crippen MR) is 72.0 cm³/mol. The molecule has 0 atom stereocenters. The second-order valence-corrected chi connectivity index (χ2v) is 5.10. The number of ether oxygens (including phenoxy) is 1. The molecule has 22 heavy (non-hydrogen) atoms. The van der Waals surface area contributed by atoms with Gasteiger partial charge in [0.05, 0.1) is 13.2 Å². The molecule has 3 rings (SSSR count). The van der Waals surface area contributed by atoms with E-state index < -0.39 is 11.9 Å². The third kappa shape index (κ3) is 2.70. The number of rotatable bonds is 3. The van der Waals surface area contributed by atoms with E-state index in [4.69, 9.17) is 4.74 Å². The molecular formula is C15H13F3N2O2. The Kier molecular flexibility index (Phi) is 3.64. The lowest BCUT2D eigenvalue weighted by Gasteiger charge is -2.16. The Labute approximate surface area is 124 Å². The van der Waals surface area contributed by atoms with Crippen LogP contribution >= 0.6 is 0 Å². The van der Waals surface area contributed by atoms with Crippen LogP contribution in [0.15, 0.2) is 24.3 Å². The molecule has 0 bridgehead atoms. The molecule has 1 aromatic carbocycles. The number of nitrogens with zero attached hydrogens (tertiary/aromatic N) is 2. The number of hydrogen-bond donors (Lipinski definition) is 0. The summed E-state index contributed by atoms with van der Waals surface area (Å²) >= 11 is 0. The maximum Gasteiger partial charge on any atom is 0.435 e. The van der Waals surface area contributed by atoms with Crippen LogP contribution in [0.2, 0.25) is 0 Å².